The molecule has 2 heterocycles. The summed E-state index contributed by atoms with van der Waals surface area (Å²) in [5.41, 5.74) is -0.931. The zero-order valence-electron chi connectivity index (χ0n) is 19.3. The van der Waals surface area contributed by atoms with Gasteiger partial charge in [0, 0.05) is 33.1 Å². The minimum Gasteiger partial charge on any atom is -0.472 e. The molecule has 8 atom stereocenters. The number of aliphatic hydroxyl groups excluding tert-OH is 2. The van der Waals surface area contributed by atoms with E-state index < -0.39 is 51.9 Å². The second-order valence-corrected chi connectivity index (χ2v) is 11.4. The standard InChI is InChI=1S/C26H32O6/c1-23(2)17-12-16(27)19-15(24(17,3)9-7-18(23)28)6-10-25(4)21(14-8-11-31-13-14)32-22(30)20(29)26(19,25)5/h6-9,11,13,16-17,19-21,27,29H,10,12H2,1-5H3/t16-,17+,19+,20-,21-,24-,25-,26+/m1/s1. The third kappa shape index (κ3) is 2.37. The van der Waals surface area contributed by atoms with Crippen molar-refractivity contribution in [3.8, 4) is 0 Å². The number of hydrogen-bond acceptors (Lipinski definition) is 6. The third-order valence-corrected chi connectivity index (χ3v) is 9.70. The van der Waals surface area contributed by atoms with Crippen molar-refractivity contribution in [3.63, 3.8) is 0 Å². The molecule has 4 aliphatic rings. The van der Waals surface area contributed by atoms with Crippen LogP contribution in [0, 0.1) is 33.5 Å². The van der Waals surface area contributed by atoms with Gasteiger partial charge in [-0.05, 0) is 30.9 Å². The number of esters is 1. The number of rotatable bonds is 1. The molecule has 1 aromatic rings. The van der Waals surface area contributed by atoms with Crippen LogP contribution in [-0.4, -0.2) is 34.2 Å². The highest BCUT2D eigenvalue weighted by Crippen LogP contribution is 2.70. The van der Waals surface area contributed by atoms with Gasteiger partial charge in [0.1, 0.15) is 6.10 Å². The van der Waals surface area contributed by atoms with Gasteiger partial charge in [-0.25, -0.2) is 4.79 Å². The van der Waals surface area contributed by atoms with Gasteiger partial charge in [-0.1, -0.05) is 52.3 Å². The maximum absolute atomic E-state index is 12.9. The molecule has 6 nitrogen and oxygen atoms in total. The van der Waals surface area contributed by atoms with E-state index in [-0.39, 0.29) is 11.7 Å². The molecule has 2 fully saturated rings. The van der Waals surface area contributed by atoms with Crippen LogP contribution in [0.4, 0.5) is 0 Å². The first kappa shape index (κ1) is 21.7. The number of allylic oxidation sites excluding steroid dienone is 3. The summed E-state index contributed by atoms with van der Waals surface area (Å²) in [7, 11) is 0. The Hall–Kier alpha value is -2.18. The van der Waals surface area contributed by atoms with Crippen LogP contribution >= 0.6 is 0 Å². The van der Waals surface area contributed by atoms with Crippen molar-refractivity contribution in [2.45, 2.75) is 65.8 Å². The van der Waals surface area contributed by atoms with Crippen molar-refractivity contribution in [2.24, 2.45) is 33.5 Å². The van der Waals surface area contributed by atoms with E-state index in [2.05, 4.69) is 13.0 Å². The van der Waals surface area contributed by atoms with E-state index in [1.54, 1.807) is 24.7 Å². The quantitative estimate of drug-likeness (QED) is 0.510. The van der Waals surface area contributed by atoms with Crippen molar-refractivity contribution in [1.29, 1.82) is 0 Å². The number of hydrogen-bond donors (Lipinski definition) is 2. The van der Waals surface area contributed by atoms with E-state index in [4.69, 9.17) is 9.15 Å². The number of fused-ring (bicyclic) bond motifs is 5. The van der Waals surface area contributed by atoms with Crippen LogP contribution in [-0.2, 0) is 14.3 Å². The minimum absolute atomic E-state index is 0.0689. The Morgan fingerprint density at radius 3 is 2.47 bits per heavy atom. The van der Waals surface area contributed by atoms with Gasteiger partial charge < -0.3 is 19.4 Å². The Balaban J connectivity index is 1.71. The van der Waals surface area contributed by atoms with Crippen molar-refractivity contribution in [2.75, 3.05) is 0 Å². The number of carbonyl (C=O) groups is 2. The van der Waals surface area contributed by atoms with Crippen LogP contribution in [0.25, 0.3) is 0 Å². The average molecular weight is 441 g/mol. The molecule has 1 saturated heterocycles. The molecule has 32 heavy (non-hydrogen) atoms. The largest absolute Gasteiger partial charge is 0.472 e. The Morgan fingerprint density at radius 2 is 1.81 bits per heavy atom. The summed E-state index contributed by atoms with van der Waals surface area (Å²) in [6.45, 7) is 9.97. The maximum Gasteiger partial charge on any atom is 0.336 e. The molecule has 3 aliphatic carbocycles. The van der Waals surface area contributed by atoms with Crippen LogP contribution in [0.3, 0.4) is 0 Å². The summed E-state index contributed by atoms with van der Waals surface area (Å²) in [5.74, 6) is -1.13. The lowest BCUT2D eigenvalue weighted by Gasteiger charge is -2.66. The molecular weight excluding hydrogens is 408 g/mol. The van der Waals surface area contributed by atoms with Crippen LogP contribution in [0.5, 0.6) is 0 Å². The Labute approximate surface area is 188 Å². The summed E-state index contributed by atoms with van der Waals surface area (Å²) < 4.78 is 11.0. The molecule has 2 N–H and O–H groups in total. The molecule has 0 aromatic carbocycles. The van der Waals surface area contributed by atoms with Gasteiger partial charge in [-0.15, -0.1) is 0 Å². The first-order valence-electron chi connectivity index (χ1n) is 11.4. The number of furan rings is 1. The molecule has 1 aromatic heterocycles. The topological polar surface area (TPSA) is 97.0 Å². The number of ketones is 1. The lowest BCUT2D eigenvalue weighted by atomic mass is 9.39. The van der Waals surface area contributed by atoms with Crippen LogP contribution in [0.2, 0.25) is 0 Å². The average Bonchev–Trinajstić information content (AvgIpc) is 3.26. The number of cyclic esters (lactones) is 1. The smallest absolute Gasteiger partial charge is 0.336 e. The SMILES string of the molecule is CC1(C)C(=O)C=C[C@]2(C)C3=CC[C@]4(C)[C@@H](c5ccoc5)OC(=O)[C@@H](O)[C@]4(C)[C@@H]3[C@H](O)C[C@@H]12. The lowest BCUT2D eigenvalue weighted by Crippen LogP contribution is -2.68. The molecule has 1 saturated carbocycles. The third-order valence-electron chi connectivity index (χ3n) is 9.70. The van der Waals surface area contributed by atoms with Crippen LogP contribution in [0.15, 0.2) is 46.8 Å². The fourth-order valence-corrected chi connectivity index (χ4v) is 7.51. The summed E-state index contributed by atoms with van der Waals surface area (Å²) in [5, 5.41) is 22.8. The molecule has 172 valence electrons. The highest BCUT2D eigenvalue weighted by molar-refractivity contribution is 5.96. The molecule has 6 heteroatoms. The fraction of sp³-hybridized carbons (Fsp3) is 0.615. The first-order valence-corrected chi connectivity index (χ1v) is 11.4. The minimum atomic E-state index is -1.37. The summed E-state index contributed by atoms with van der Waals surface area (Å²) in [4.78, 5) is 25.6. The monoisotopic (exact) mass is 440 g/mol. The summed E-state index contributed by atoms with van der Waals surface area (Å²) in [6.07, 6.45) is 7.14. The predicted molar refractivity (Wildman–Crippen MR) is 116 cm³/mol. The highest BCUT2D eigenvalue weighted by Gasteiger charge is 2.70. The van der Waals surface area contributed by atoms with Crippen molar-refractivity contribution in [1.82, 2.24) is 0 Å². The normalized spacial score (nSPS) is 47.1. The molecule has 0 spiro atoms. The number of aliphatic hydroxyl groups is 2. The second kappa shape index (κ2) is 6.45. The molecule has 0 unspecified atom stereocenters. The Kier molecular flexibility index (Phi) is 4.36. The molecule has 0 amide bonds. The van der Waals surface area contributed by atoms with Crippen LogP contribution in [0.1, 0.15) is 59.1 Å². The van der Waals surface area contributed by atoms with E-state index in [0.717, 1.165) is 11.1 Å². The van der Waals surface area contributed by atoms with Crippen LogP contribution < -0.4 is 0 Å². The molecule has 5 rings (SSSR count). The van der Waals surface area contributed by atoms with E-state index in [1.807, 2.05) is 33.8 Å². The van der Waals surface area contributed by atoms with Crippen molar-refractivity contribution >= 4 is 11.8 Å². The zero-order valence-corrected chi connectivity index (χ0v) is 19.3. The molecule has 0 radical (unpaired) electrons. The van der Waals surface area contributed by atoms with Gasteiger partial charge in [0.05, 0.1) is 18.6 Å². The maximum atomic E-state index is 12.9. The molecular formula is C26H32O6. The first-order chi connectivity index (χ1) is 14.9. The van der Waals surface area contributed by atoms with Gasteiger partial charge in [0.2, 0.25) is 0 Å². The van der Waals surface area contributed by atoms with E-state index in [1.165, 1.54) is 0 Å². The lowest BCUT2D eigenvalue weighted by molar-refractivity contribution is -0.243. The molecule has 1 aliphatic heterocycles. The Bertz CT molecular complexity index is 1030. The van der Waals surface area contributed by atoms with E-state index in [9.17, 15) is 19.8 Å². The van der Waals surface area contributed by atoms with Gasteiger partial charge in [-0.2, -0.15) is 0 Å². The molecule has 0 bridgehead atoms. The summed E-state index contributed by atoms with van der Waals surface area (Å²) >= 11 is 0. The van der Waals surface area contributed by atoms with Gasteiger partial charge in [0.25, 0.3) is 0 Å². The van der Waals surface area contributed by atoms with Crippen molar-refractivity contribution < 1.29 is 29.0 Å². The van der Waals surface area contributed by atoms with E-state index in [0.29, 0.717) is 12.8 Å². The second-order valence-electron chi connectivity index (χ2n) is 11.4. The van der Waals surface area contributed by atoms with Gasteiger partial charge >= 0.3 is 5.97 Å². The highest BCUT2D eigenvalue weighted by atomic mass is 16.6. The van der Waals surface area contributed by atoms with Gasteiger partial charge in [-0.3, -0.25) is 4.79 Å². The predicted octanol–water partition coefficient (Wildman–Crippen LogP) is 3.75. The number of ether oxygens (including phenoxy) is 1. The van der Waals surface area contributed by atoms with Gasteiger partial charge in [0.15, 0.2) is 11.9 Å². The Morgan fingerprint density at radius 1 is 1.09 bits per heavy atom. The zero-order chi connectivity index (χ0) is 23.3. The number of carbonyl (C=O) groups excluding carboxylic acids is 2. The van der Waals surface area contributed by atoms with Crippen molar-refractivity contribution in [3.05, 3.63) is 48.0 Å². The summed E-state index contributed by atoms with van der Waals surface area (Å²) in [6, 6.07) is 1.78. The fourth-order valence-electron chi connectivity index (χ4n) is 7.51. The van der Waals surface area contributed by atoms with E-state index >= 15 is 0 Å².